The molecule has 5 amide bonds. The quantitative estimate of drug-likeness (QED) is 0.0290. The molecule has 728 valence electrons. The topological polar surface area (TPSA) is 867 Å². The summed E-state index contributed by atoms with van der Waals surface area (Å²) in [6.45, 7) is -7.23. The third-order valence-electron chi connectivity index (χ3n) is 22.9. The maximum Gasteiger partial charge on any atom is 0.217 e. The van der Waals surface area contributed by atoms with Gasteiger partial charge in [0.1, 0.15) is 244 Å². The molecule has 126 heavy (non-hydrogen) atoms. The van der Waals surface area contributed by atoms with Gasteiger partial charge in [-0.05, 0) is 0 Å². The van der Waals surface area contributed by atoms with Gasteiger partial charge in [-0.3, -0.25) is 24.0 Å². The van der Waals surface area contributed by atoms with Gasteiger partial charge < -0.3 is 254 Å². The van der Waals surface area contributed by atoms with Crippen LogP contribution < -0.4 is 26.6 Å². The zero-order valence-electron chi connectivity index (χ0n) is 67.8. The molecular weight excluding hydrogens is 1730 g/mol. The summed E-state index contributed by atoms with van der Waals surface area (Å²) in [7, 11) is 0. The van der Waals surface area contributed by atoms with Crippen LogP contribution in [-0.2, 0) is 114 Å². The Balaban J connectivity index is 1.12. The van der Waals surface area contributed by atoms with E-state index in [1.165, 1.54) is 0 Å². The number of amides is 5. The van der Waals surface area contributed by atoms with Gasteiger partial charge in [-0.2, -0.15) is 0 Å². The van der Waals surface area contributed by atoms with Gasteiger partial charge in [-0.1, -0.05) is 0 Å². The van der Waals surface area contributed by atoms with Gasteiger partial charge in [0.2, 0.25) is 29.5 Å². The van der Waals surface area contributed by atoms with Crippen molar-refractivity contribution in [3.63, 3.8) is 0 Å². The number of aliphatic hydroxyl groups excluding tert-OH is 27. The van der Waals surface area contributed by atoms with Crippen LogP contribution in [0.1, 0.15) is 34.6 Å². The molecule has 0 spiro atoms. The highest BCUT2D eigenvalue weighted by Crippen LogP contribution is 2.42. The number of aliphatic hydroxyl groups is 27. The first kappa shape index (κ1) is 104. The van der Waals surface area contributed by atoms with Crippen LogP contribution in [0.15, 0.2) is 0 Å². The van der Waals surface area contributed by atoms with Crippen molar-refractivity contribution in [3.8, 4) is 0 Å². The summed E-state index contributed by atoms with van der Waals surface area (Å²) in [5.41, 5.74) is 0. The Morgan fingerprint density at radius 2 is 0.437 bits per heavy atom. The third-order valence-corrected chi connectivity index (χ3v) is 22.9. The van der Waals surface area contributed by atoms with Gasteiger partial charge in [0, 0.05) is 34.6 Å². The molecule has 10 fully saturated rings. The van der Waals surface area contributed by atoms with Crippen LogP contribution in [0.2, 0.25) is 0 Å². The molecule has 10 heterocycles. The minimum atomic E-state index is -2.82. The third kappa shape index (κ3) is 22.9. The van der Waals surface area contributed by atoms with Crippen molar-refractivity contribution in [1.82, 2.24) is 26.6 Å². The fourth-order valence-corrected chi connectivity index (χ4v) is 16.3. The number of carbonyl (C=O) groups excluding carboxylic acids is 5. The second-order valence-electron chi connectivity index (χ2n) is 31.7. The largest absolute Gasteiger partial charge is 0.394 e. The average Bonchev–Trinajstić information content (AvgIpc) is 0.755. The molecule has 10 aliphatic heterocycles. The molecule has 50 atom stereocenters. The van der Waals surface area contributed by atoms with Gasteiger partial charge in [0.25, 0.3) is 0 Å². The predicted molar refractivity (Wildman–Crippen MR) is 388 cm³/mol. The molecule has 0 bridgehead atoms. The lowest BCUT2D eigenvalue weighted by Crippen LogP contribution is -2.72. The Morgan fingerprint density at radius 3 is 0.786 bits per heavy atom. The normalized spacial score (nSPS) is 48.4. The Kier molecular flexibility index (Phi) is 37.4. The molecule has 0 aromatic heterocycles. The van der Waals surface area contributed by atoms with E-state index in [0.717, 1.165) is 34.6 Å². The van der Waals surface area contributed by atoms with E-state index in [9.17, 15) is 162 Å². The minimum absolute atomic E-state index is 0.828. The fraction of sp³-hybridized carbons (Fsp3) is 0.929. The molecule has 0 aliphatic carbocycles. The van der Waals surface area contributed by atoms with E-state index in [2.05, 4.69) is 26.6 Å². The molecule has 56 nitrogen and oxygen atoms in total. The lowest BCUT2D eigenvalue weighted by Gasteiger charge is -2.53. The van der Waals surface area contributed by atoms with Crippen LogP contribution in [0.25, 0.3) is 0 Å². The van der Waals surface area contributed by atoms with Crippen LogP contribution in [0, 0.1) is 0 Å². The van der Waals surface area contributed by atoms with E-state index >= 15 is 0 Å². The molecule has 0 aromatic carbocycles. The van der Waals surface area contributed by atoms with Gasteiger partial charge >= 0.3 is 0 Å². The summed E-state index contributed by atoms with van der Waals surface area (Å²) in [6, 6.07) is -9.86. The van der Waals surface area contributed by atoms with Gasteiger partial charge in [0.05, 0.1) is 66.1 Å². The van der Waals surface area contributed by atoms with Crippen molar-refractivity contribution >= 4 is 29.5 Å². The van der Waals surface area contributed by atoms with Crippen LogP contribution in [0.4, 0.5) is 0 Å². The first-order valence-electron chi connectivity index (χ1n) is 40.1. The van der Waals surface area contributed by atoms with Crippen molar-refractivity contribution in [2.45, 2.75) is 341 Å². The molecule has 32 N–H and O–H groups in total. The van der Waals surface area contributed by atoms with Gasteiger partial charge in [-0.15, -0.1) is 0 Å². The second-order valence-corrected chi connectivity index (χ2v) is 31.7. The van der Waals surface area contributed by atoms with Crippen molar-refractivity contribution in [1.29, 1.82) is 0 Å². The predicted octanol–water partition coefficient (Wildman–Crippen LogP) is -22.1. The molecule has 10 rings (SSSR count). The highest BCUT2D eigenvalue weighted by atomic mass is 16.8. The molecule has 0 radical (unpaired) electrons. The van der Waals surface area contributed by atoms with E-state index in [1.54, 1.807) is 0 Å². The number of rotatable bonds is 33. The highest BCUT2D eigenvalue weighted by Gasteiger charge is 2.63. The first-order valence-corrected chi connectivity index (χ1v) is 40.1. The minimum Gasteiger partial charge on any atom is -0.394 e. The number of carbonyl (C=O) groups is 5. The zero-order valence-corrected chi connectivity index (χ0v) is 67.8. The summed E-state index contributed by atoms with van der Waals surface area (Å²) < 4.78 is 116. The monoisotopic (exact) mass is 1840 g/mol. The average molecular weight is 1840 g/mol. The van der Waals surface area contributed by atoms with Gasteiger partial charge in [-0.25, -0.2) is 0 Å². The van der Waals surface area contributed by atoms with Crippen LogP contribution >= 0.6 is 0 Å². The second kappa shape index (κ2) is 45.5. The molecule has 0 aromatic rings. The molecule has 0 unspecified atom stereocenters. The standard InChI is InChI=1S/C70H117N5O51/c1-16(85)71-31-42(96)53(26(11-81)109-61(31)107)119-63-33(73-18(3)87)43(97)56(29(14-84)115-63)122-68-52(106)58(124-70-60(49(103)40(94)25(10-80)114-70)126-65-35(75-20(5)89)45(99)55(28(13-83)117-65)121-67-51(105)47(101)38(92)23(8-78)112-67)57(123-64-34(74-19(4)88)44(98)54(27(12-82)116-64)120-66-50(104)46(100)37(91)22(7-77)111-66)30(118-68)15-108-69-59(48(102)39(93)24(9-79)113-69)125-62-32(72-17(2)86)41(95)36(90)21(6-76)110-62/h21-70,76-84,90-107H,6-15H2,1-5H3,(H,71,85)(H,72,86)(H,73,87)(H,74,88)(H,75,89)/t21-,22-,23-,24-,25-,26-,27-,28-,29-,30-,31-,32-,33-,34-,35-,36-,37+,38+,39-,40-,41-,42-,43-,44-,45-,46+,47+,48+,49+,50-,51-,52+,53-,54-,55-,56-,57-,58-,59+,60+,61-,62+,63+,64+,65+,66+,67+,68+,69+,70-/m1/s1. The maximum atomic E-state index is 13.5. The fourth-order valence-electron chi connectivity index (χ4n) is 16.3. The van der Waals surface area contributed by atoms with E-state index in [1.807, 2.05) is 0 Å². The smallest absolute Gasteiger partial charge is 0.217 e. The van der Waals surface area contributed by atoms with Gasteiger partial charge in [0.15, 0.2) is 62.9 Å². The number of nitrogens with one attached hydrogen (secondary N) is 5. The summed E-state index contributed by atoms with van der Waals surface area (Å²) in [5.74, 6) is -4.86. The SMILES string of the molecule is CC(=O)N[C@@H]1[C@@H](O)[C@H](O[C@@H]2O[C@H](CO)[C@@H](O[C@@H]3O[C@H](CO[C@H]4O[C@H](CO)[C@@H](O)[C@H](O)[C@@H]4O[C@@H]4O[C@H](CO)[C@@H](O)[C@H](O)[C@H]4NC(C)=O)[C@@H](O[C@@H]4O[C@H](CO)[C@@H](O[C@@H]5O[C@H](CO)[C@H](O)[C@H](O)[C@H]5O)[C@H](O)[C@H]4NC(C)=O)[C@H](O[C@H]4O[C@H](CO)[C@@H](O)[C@H](O)[C@@H]4O[C@@H]4O[C@H](CO)[C@@H](O[C@@H]5O[C@H](CO)[C@H](O)[C@H](O)[C@H]5O)[C@H](O)[C@H]4NC(C)=O)[C@@H]3O)[C@H](O)[C@H]2NC(C)=O)[C@@H](CO)O[C@H]1O. The van der Waals surface area contributed by atoms with Crippen molar-refractivity contribution in [2.75, 3.05) is 66.1 Å². The number of hydrogen-bond donors (Lipinski definition) is 32. The molecule has 56 heteroatoms. The van der Waals surface area contributed by atoms with Crippen LogP contribution in [0.3, 0.4) is 0 Å². The number of ether oxygens (including phenoxy) is 19. The number of hydrogen-bond acceptors (Lipinski definition) is 51. The summed E-state index contributed by atoms with van der Waals surface area (Å²) in [5, 5.41) is 316. The van der Waals surface area contributed by atoms with E-state index in [-0.39, 0.29) is 0 Å². The van der Waals surface area contributed by atoms with Crippen LogP contribution in [0.5, 0.6) is 0 Å². The summed E-state index contributed by atoms with van der Waals surface area (Å²) in [4.78, 5) is 65.1. The van der Waals surface area contributed by atoms with Crippen molar-refractivity contribution < 1.29 is 252 Å². The Morgan fingerprint density at radius 1 is 0.206 bits per heavy atom. The van der Waals surface area contributed by atoms with Crippen molar-refractivity contribution in [2.24, 2.45) is 0 Å². The molecule has 10 saturated heterocycles. The Hall–Kier alpha value is -4.49. The molecule has 10 aliphatic rings. The summed E-state index contributed by atoms with van der Waals surface area (Å²) in [6.07, 6.45) is -98.7. The van der Waals surface area contributed by atoms with Crippen LogP contribution in [-0.4, -0.2) is 540 Å². The lowest BCUT2D eigenvalue weighted by atomic mass is 9.93. The Labute approximate surface area is 713 Å². The molecule has 0 saturated carbocycles. The molecular formula is C70H117N5O51. The summed E-state index contributed by atoms with van der Waals surface area (Å²) >= 11 is 0. The zero-order chi connectivity index (χ0) is 92.8. The highest BCUT2D eigenvalue weighted by molar-refractivity contribution is 5.75. The lowest BCUT2D eigenvalue weighted by molar-refractivity contribution is -0.410. The van der Waals surface area contributed by atoms with E-state index in [0.29, 0.717) is 0 Å². The Bertz CT molecular complexity index is 3440. The first-order chi connectivity index (χ1) is 59.6. The maximum absolute atomic E-state index is 13.5. The van der Waals surface area contributed by atoms with E-state index in [4.69, 9.17) is 90.0 Å². The van der Waals surface area contributed by atoms with Crippen molar-refractivity contribution in [3.05, 3.63) is 0 Å². The van der Waals surface area contributed by atoms with E-state index < -0.39 is 402 Å².